The zero-order valence-corrected chi connectivity index (χ0v) is 36.3. The van der Waals surface area contributed by atoms with E-state index in [0.717, 1.165) is 59.1 Å². The molecule has 2 unspecified atom stereocenters. The van der Waals surface area contributed by atoms with E-state index < -0.39 is 0 Å². The zero-order valence-electron chi connectivity index (χ0n) is 32.4. The van der Waals surface area contributed by atoms with E-state index in [2.05, 4.69) is 101 Å². The summed E-state index contributed by atoms with van der Waals surface area (Å²) in [7, 11) is 0. The number of allylic oxidation sites excluding steroid dienone is 16. The number of hydrogen-bond acceptors (Lipinski definition) is 0. The first-order valence-corrected chi connectivity index (χ1v) is 20.1. The number of halogens is 4. The molecule has 0 saturated carbocycles. The third kappa shape index (κ3) is 11.1. The van der Waals surface area contributed by atoms with Crippen LogP contribution in [0.1, 0.15) is 76.3 Å². The second-order valence-corrected chi connectivity index (χ2v) is 16.5. The summed E-state index contributed by atoms with van der Waals surface area (Å²) in [5.41, 5.74) is 12.4. The van der Waals surface area contributed by atoms with Crippen molar-refractivity contribution in [1.29, 1.82) is 0 Å². The average molecular weight is 859 g/mol. The van der Waals surface area contributed by atoms with Crippen LogP contribution in [0.4, 0.5) is 8.78 Å². The molecule has 4 aromatic rings. The summed E-state index contributed by atoms with van der Waals surface area (Å²) in [4.78, 5) is 0. The molecule has 284 valence electrons. The molecular weight excluding hydrogens is 813 g/mol. The number of rotatable bonds is 6. The number of fused-ring (bicyclic) bond motifs is 2. The number of hydrogen-bond donors (Lipinski definition) is 0. The largest absolute Gasteiger partial charge is 1.00 e. The summed E-state index contributed by atoms with van der Waals surface area (Å²) in [6.45, 7) is 8.53. The SMILES string of the molecule is CCC1=[C-]C2=CC=CCC(c3ccc(-c4ccccc4)c(F)c3)C2=C1.CCC1=[C-]C2=CC=CCC(c3ccc(-c4ccccc4)c(F)c3)C2=C1.C[C](C)=[Zr+2].[Cl-].[Cl-]. The van der Waals surface area contributed by atoms with Gasteiger partial charge in [0.15, 0.2) is 0 Å². The third-order valence-electron chi connectivity index (χ3n) is 9.89. The predicted molar refractivity (Wildman–Crippen MR) is 219 cm³/mol. The molecule has 0 nitrogen and oxygen atoms in total. The topological polar surface area (TPSA) is 0 Å². The molecule has 0 N–H and O–H groups in total. The first-order chi connectivity index (χ1) is 26.2. The Hall–Kier alpha value is -4.01. The minimum Gasteiger partial charge on any atom is -1.00 e. The quantitative estimate of drug-likeness (QED) is 0.174. The maximum absolute atomic E-state index is 14.8. The molecule has 0 bridgehead atoms. The maximum atomic E-state index is 14.8. The van der Waals surface area contributed by atoms with E-state index in [0.29, 0.717) is 11.1 Å². The predicted octanol–water partition coefficient (Wildman–Crippen LogP) is 7.84. The van der Waals surface area contributed by atoms with Crippen LogP contribution in [0.5, 0.6) is 0 Å². The first kappa shape index (κ1) is 44.7. The molecule has 0 aromatic heterocycles. The van der Waals surface area contributed by atoms with E-state index in [-0.39, 0.29) is 48.3 Å². The van der Waals surface area contributed by atoms with E-state index in [4.69, 9.17) is 0 Å². The monoisotopic (exact) mass is 856 g/mol. The summed E-state index contributed by atoms with van der Waals surface area (Å²) in [5.74, 6) is 0.0455. The minimum atomic E-state index is -0.159. The van der Waals surface area contributed by atoms with E-state index >= 15 is 0 Å². The molecule has 0 aliphatic heterocycles. The molecule has 2 atom stereocenters. The molecule has 56 heavy (non-hydrogen) atoms. The Morgan fingerprint density at radius 2 is 0.982 bits per heavy atom. The van der Waals surface area contributed by atoms with Crippen LogP contribution in [-0.2, 0) is 24.2 Å². The Labute approximate surface area is 360 Å². The second-order valence-electron chi connectivity index (χ2n) is 14.0. The Balaban J connectivity index is 0.000000220. The molecule has 5 heteroatoms. The van der Waals surface area contributed by atoms with Gasteiger partial charge in [-0.05, 0) is 71.9 Å². The van der Waals surface area contributed by atoms with Crippen LogP contribution in [0.25, 0.3) is 22.3 Å². The molecule has 0 fully saturated rings. The van der Waals surface area contributed by atoms with E-state index in [1.807, 2.05) is 72.8 Å². The van der Waals surface area contributed by atoms with Crippen molar-refractivity contribution in [3.8, 4) is 22.3 Å². The van der Waals surface area contributed by atoms with Gasteiger partial charge >= 0.3 is 41.3 Å². The maximum Gasteiger partial charge on any atom is -1.00 e. The normalized spacial score (nSPS) is 17.4. The smallest absolute Gasteiger partial charge is 1.00 e. The van der Waals surface area contributed by atoms with Crippen LogP contribution in [0, 0.1) is 23.8 Å². The van der Waals surface area contributed by atoms with Crippen LogP contribution in [-0.4, -0.2) is 3.21 Å². The molecule has 4 aliphatic rings. The Bertz CT molecular complexity index is 2090. The summed E-state index contributed by atoms with van der Waals surface area (Å²) < 4.78 is 31.1. The van der Waals surface area contributed by atoms with Crippen LogP contribution < -0.4 is 24.8 Å². The second kappa shape index (κ2) is 21.5. The molecule has 0 spiro atoms. The van der Waals surface area contributed by atoms with Crippen molar-refractivity contribution < 1.29 is 57.8 Å². The van der Waals surface area contributed by atoms with Gasteiger partial charge in [0.25, 0.3) is 0 Å². The van der Waals surface area contributed by atoms with Crippen LogP contribution >= 0.6 is 0 Å². The van der Waals surface area contributed by atoms with E-state index in [1.165, 1.54) is 25.5 Å². The van der Waals surface area contributed by atoms with Crippen molar-refractivity contribution in [3.05, 3.63) is 214 Å². The van der Waals surface area contributed by atoms with Crippen LogP contribution in [0.3, 0.4) is 0 Å². The fraction of sp³-hybridized carbons (Fsp3) is 0.196. The third-order valence-corrected chi connectivity index (χ3v) is 9.89. The van der Waals surface area contributed by atoms with Gasteiger partial charge in [-0.3, -0.25) is 0 Å². The first-order valence-electron chi connectivity index (χ1n) is 18.9. The van der Waals surface area contributed by atoms with Gasteiger partial charge in [0.2, 0.25) is 0 Å². The van der Waals surface area contributed by atoms with Crippen molar-refractivity contribution in [2.75, 3.05) is 0 Å². The van der Waals surface area contributed by atoms with E-state index in [9.17, 15) is 8.78 Å². The standard InChI is InChI=1S/2C24H20F.C3H6.2ClH.Zr/c2*1-2-17-14-19-10-6-7-11-21(23(19)15-17)20-12-13-22(24(25)16-20)18-8-4-3-5-9-18;1-3-2;;;/h2*3-10,12-13,15-16,21H,2,11H2,1H3;1-2H3;2*1H;/q2*-1;;;;+2/p-2. The average Bonchev–Trinajstić information content (AvgIpc) is 3.66. The Morgan fingerprint density at radius 3 is 1.32 bits per heavy atom. The van der Waals surface area contributed by atoms with E-state index in [1.54, 1.807) is 36.4 Å². The van der Waals surface area contributed by atoms with Crippen LogP contribution in [0.15, 0.2) is 179 Å². The molecule has 0 amide bonds. The summed E-state index contributed by atoms with van der Waals surface area (Å²) in [6, 6.07) is 30.8. The van der Waals surface area contributed by atoms with Gasteiger partial charge in [-0.15, -0.1) is 47.6 Å². The molecule has 0 saturated heterocycles. The molecular formula is C51H46Cl2F2Zr-2. The number of benzene rings is 4. The van der Waals surface area contributed by atoms with Crippen molar-refractivity contribution in [3.63, 3.8) is 0 Å². The van der Waals surface area contributed by atoms with Crippen molar-refractivity contribution in [1.82, 2.24) is 0 Å². The van der Waals surface area contributed by atoms with Gasteiger partial charge < -0.3 is 24.8 Å². The van der Waals surface area contributed by atoms with Gasteiger partial charge in [-0.1, -0.05) is 111 Å². The van der Waals surface area contributed by atoms with Gasteiger partial charge in [0.05, 0.1) is 0 Å². The molecule has 4 aromatic carbocycles. The Morgan fingerprint density at radius 1 is 0.607 bits per heavy atom. The zero-order chi connectivity index (χ0) is 38.0. The molecule has 4 aliphatic carbocycles. The summed E-state index contributed by atoms with van der Waals surface area (Å²) >= 11 is 1.55. The summed E-state index contributed by atoms with van der Waals surface area (Å²) in [5, 5.41) is 0. The van der Waals surface area contributed by atoms with Gasteiger partial charge in [0, 0.05) is 11.1 Å². The molecule has 0 radical (unpaired) electrons. The Kier molecular flexibility index (Phi) is 17.2. The van der Waals surface area contributed by atoms with Crippen molar-refractivity contribution in [2.24, 2.45) is 0 Å². The van der Waals surface area contributed by atoms with Crippen molar-refractivity contribution >= 4 is 3.21 Å². The summed E-state index contributed by atoms with van der Waals surface area (Å²) in [6.07, 6.45) is 27.8. The van der Waals surface area contributed by atoms with Gasteiger partial charge in [-0.2, -0.15) is 34.4 Å². The van der Waals surface area contributed by atoms with Gasteiger partial charge in [-0.25, -0.2) is 8.78 Å². The van der Waals surface area contributed by atoms with Crippen LogP contribution in [0.2, 0.25) is 0 Å². The van der Waals surface area contributed by atoms with Gasteiger partial charge in [0.1, 0.15) is 11.6 Å². The minimum absolute atomic E-state index is 0. The molecule has 8 rings (SSSR count). The van der Waals surface area contributed by atoms with Crippen molar-refractivity contribution in [2.45, 2.75) is 65.2 Å². The fourth-order valence-electron chi connectivity index (χ4n) is 7.17. The molecule has 0 heterocycles. The fourth-order valence-corrected chi connectivity index (χ4v) is 7.17.